The van der Waals surface area contributed by atoms with E-state index in [9.17, 15) is 9.90 Å². The van der Waals surface area contributed by atoms with Crippen LogP contribution in [0.3, 0.4) is 0 Å². The number of aromatic nitrogens is 3. The number of benzene rings is 1. The topological polar surface area (TPSA) is 97.2 Å². The number of nitrogens with one attached hydrogen (secondary N) is 1. The van der Waals surface area contributed by atoms with Crippen LogP contribution in [0.15, 0.2) is 54.9 Å². The molecule has 1 atom stereocenters. The predicted octanol–water partition coefficient (Wildman–Crippen LogP) is 5.20. The van der Waals surface area contributed by atoms with Crippen LogP contribution in [0.25, 0.3) is 11.1 Å². The third-order valence-corrected chi connectivity index (χ3v) is 7.39. The summed E-state index contributed by atoms with van der Waals surface area (Å²) in [6, 6.07) is 13.2. The Morgan fingerprint density at radius 1 is 1.17 bits per heavy atom. The smallest absolute Gasteiger partial charge is 0.259 e. The molecule has 4 aromatic rings. The van der Waals surface area contributed by atoms with Gasteiger partial charge >= 0.3 is 0 Å². The fourth-order valence-corrected chi connectivity index (χ4v) is 5.63. The maximum absolute atomic E-state index is 13.3. The number of aliphatic hydroxyl groups is 1. The first kappa shape index (κ1) is 23.4. The van der Waals surface area contributed by atoms with Crippen LogP contribution in [-0.4, -0.2) is 33.1 Å². The number of methoxy groups -OCH3 is 1. The summed E-state index contributed by atoms with van der Waals surface area (Å²) in [6.07, 6.45) is 4.74. The Morgan fingerprint density at radius 2 is 1.97 bits per heavy atom. The van der Waals surface area contributed by atoms with Gasteiger partial charge in [-0.05, 0) is 37.5 Å². The minimum Gasteiger partial charge on any atom is -0.494 e. The van der Waals surface area contributed by atoms with E-state index in [2.05, 4.69) is 20.3 Å². The van der Waals surface area contributed by atoms with E-state index in [-0.39, 0.29) is 5.91 Å². The number of carbonyl (C=O) groups excluding carboxylic acids is 1. The minimum atomic E-state index is -0.937. The van der Waals surface area contributed by atoms with E-state index >= 15 is 0 Å². The number of hydrogen-bond donors (Lipinski definition) is 2. The van der Waals surface area contributed by atoms with E-state index in [1.165, 1.54) is 23.7 Å². The van der Waals surface area contributed by atoms with Gasteiger partial charge in [0.2, 0.25) is 0 Å². The summed E-state index contributed by atoms with van der Waals surface area (Å²) < 4.78 is 5.45. The Morgan fingerprint density at radius 3 is 2.74 bits per heavy atom. The monoisotopic (exact) mass is 506 g/mol. The Bertz CT molecular complexity index is 1410. The van der Waals surface area contributed by atoms with Gasteiger partial charge in [0.15, 0.2) is 5.13 Å². The zero-order valence-corrected chi connectivity index (χ0v) is 20.8. The molecular weight excluding hydrogens is 484 g/mol. The Hall–Kier alpha value is -3.33. The number of carbonyl (C=O) groups is 1. The summed E-state index contributed by atoms with van der Waals surface area (Å²) >= 11 is 7.53. The van der Waals surface area contributed by atoms with Gasteiger partial charge in [0.25, 0.3) is 5.91 Å². The number of hydrogen-bond acceptors (Lipinski definition) is 7. The van der Waals surface area contributed by atoms with Crippen molar-refractivity contribution in [3.8, 4) is 16.9 Å². The lowest BCUT2D eigenvalue weighted by molar-refractivity contribution is 0.0228. The summed E-state index contributed by atoms with van der Waals surface area (Å²) in [5.74, 6) is 0.158. The van der Waals surface area contributed by atoms with Crippen molar-refractivity contribution in [2.24, 2.45) is 0 Å². The fraction of sp³-hybridized carbons (Fsp3) is 0.231. The lowest BCUT2D eigenvalue weighted by atomic mass is 9.81. The normalized spacial score (nSPS) is 17.0. The van der Waals surface area contributed by atoms with E-state index in [0.717, 1.165) is 21.8 Å². The van der Waals surface area contributed by atoms with Crippen molar-refractivity contribution in [1.82, 2.24) is 15.0 Å². The number of halogens is 1. The number of thiazole rings is 1. The Balaban J connectivity index is 1.43. The molecule has 3 aromatic heterocycles. The number of rotatable bonds is 5. The molecule has 178 valence electrons. The Labute approximate surface area is 211 Å². The summed E-state index contributed by atoms with van der Waals surface area (Å²) in [5, 5.41) is 15.0. The lowest BCUT2D eigenvalue weighted by Crippen LogP contribution is -2.32. The van der Waals surface area contributed by atoms with Crippen LogP contribution in [0.5, 0.6) is 5.75 Å². The average molecular weight is 507 g/mol. The summed E-state index contributed by atoms with van der Waals surface area (Å²) in [6.45, 7) is 1.85. The van der Waals surface area contributed by atoms with Crippen LogP contribution >= 0.6 is 22.9 Å². The molecule has 7 nitrogen and oxygen atoms in total. The van der Waals surface area contributed by atoms with E-state index in [1.54, 1.807) is 13.2 Å². The van der Waals surface area contributed by atoms with Gasteiger partial charge < -0.3 is 9.84 Å². The number of fused-ring (bicyclic) bond motifs is 1. The lowest BCUT2D eigenvalue weighted by Gasteiger charge is -2.31. The van der Waals surface area contributed by atoms with Gasteiger partial charge in [-0.1, -0.05) is 41.9 Å². The standard InChI is InChI=1S/C26H23ClN4O3S/c1-15-10-17(18-11-23(27)29-14-21(18)34-2)19(13-28-15)24(32)31-25-30-20-8-9-26(33,12-22(20)35-25)16-6-4-3-5-7-16/h3-7,10-11,13-14,33H,8-9,12H2,1-2H3,(H,30,31,32)/t26-/m1/s1. The molecule has 1 amide bonds. The predicted molar refractivity (Wildman–Crippen MR) is 136 cm³/mol. The van der Waals surface area contributed by atoms with Crippen molar-refractivity contribution >= 4 is 34.0 Å². The molecule has 5 rings (SSSR count). The third-order valence-electron chi connectivity index (χ3n) is 6.17. The molecule has 0 fully saturated rings. The molecule has 1 aliphatic rings. The second-order valence-corrected chi connectivity index (χ2v) is 9.97. The molecule has 0 aliphatic heterocycles. The second kappa shape index (κ2) is 9.37. The maximum atomic E-state index is 13.3. The maximum Gasteiger partial charge on any atom is 0.259 e. The Kier molecular flexibility index (Phi) is 6.27. The summed E-state index contributed by atoms with van der Waals surface area (Å²) in [7, 11) is 1.54. The molecule has 0 spiro atoms. The second-order valence-electron chi connectivity index (χ2n) is 8.50. The van der Waals surface area contributed by atoms with Crippen molar-refractivity contribution in [1.29, 1.82) is 0 Å². The number of ether oxygens (including phenoxy) is 1. The van der Waals surface area contributed by atoms with Crippen LogP contribution < -0.4 is 10.1 Å². The zero-order chi connectivity index (χ0) is 24.6. The number of anilines is 1. The largest absolute Gasteiger partial charge is 0.494 e. The third kappa shape index (κ3) is 4.65. The first-order valence-corrected chi connectivity index (χ1v) is 12.3. The van der Waals surface area contributed by atoms with E-state index < -0.39 is 5.60 Å². The van der Waals surface area contributed by atoms with Crippen LogP contribution in [0.4, 0.5) is 5.13 Å². The molecule has 0 saturated heterocycles. The van der Waals surface area contributed by atoms with Gasteiger partial charge in [-0.2, -0.15) is 0 Å². The van der Waals surface area contributed by atoms with Gasteiger partial charge in [-0.25, -0.2) is 9.97 Å². The molecule has 1 aliphatic carbocycles. The molecular formula is C26H23ClN4O3S. The molecule has 1 aromatic carbocycles. The first-order chi connectivity index (χ1) is 16.9. The molecule has 0 radical (unpaired) electrons. The van der Waals surface area contributed by atoms with Crippen LogP contribution in [0.2, 0.25) is 5.15 Å². The van der Waals surface area contributed by atoms with Crippen molar-refractivity contribution in [3.05, 3.63) is 87.4 Å². The summed E-state index contributed by atoms with van der Waals surface area (Å²) in [4.78, 5) is 27.4. The molecule has 2 N–H and O–H groups in total. The number of aryl methyl sites for hydroxylation is 2. The molecule has 0 bridgehead atoms. The molecule has 3 heterocycles. The van der Waals surface area contributed by atoms with Crippen molar-refractivity contribution in [2.75, 3.05) is 12.4 Å². The van der Waals surface area contributed by atoms with Crippen LogP contribution in [0.1, 0.15) is 38.6 Å². The first-order valence-electron chi connectivity index (χ1n) is 11.1. The van der Waals surface area contributed by atoms with Gasteiger partial charge in [0.1, 0.15) is 10.9 Å². The molecule has 35 heavy (non-hydrogen) atoms. The van der Waals surface area contributed by atoms with Crippen molar-refractivity contribution in [3.63, 3.8) is 0 Å². The van der Waals surface area contributed by atoms with Crippen molar-refractivity contribution in [2.45, 2.75) is 31.8 Å². The number of pyridine rings is 2. The molecule has 0 saturated carbocycles. The van der Waals surface area contributed by atoms with Gasteiger partial charge in [0, 0.05) is 34.3 Å². The molecule has 9 heteroatoms. The minimum absolute atomic E-state index is 0.292. The van der Waals surface area contributed by atoms with Crippen molar-refractivity contribution < 1.29 is 14.6 Å². The highest BCUT2D eigenvalue weighted by Gasteiger charge is 2.36. The highest BCUT2D eigenvalue weighted by Crippen LogP contribution is 2.40. The van der Waals surface area contributed by atoms with E-state index in [0.29, 0.717) is 52.0 Å². The van der Waals surface area contributed by atoms with Crippen LogP contribution in [-0.2, 0) is 18.4 Å². The quantitative estimate of drug-likeness (QED) is 0.361. The van der Waals surface area contributed by atoms with Crippen LogP contribution in [0, 0.1) is 6.92 Å². The summed E-state index contributed by atoms with van der Waals surface area (Å²) in [5.41, 5.74) is 3.26. The van der Waals surface area contributed by atoms with E-state index in [1.807, 2.05) is 43.3 Å². The van der Waals surface area contributed by atoms with Gasteiger partial charge in [-0.3, -0.25) is 15.1 Å². The average Bonchev–Trinajstić information content (AvgIpc) is 3.25. The van der Waals surface area contributed by atoms with E-state index in [4.69, 9.17) is 16.3 Å². The highest BCUT2D eigenvalue weighted by atomic mass is 35.5. The van der Waals surface area contributed by atoms with Gasteiger partial charge in [0.05, 0.1) is 30.2 Å². The SMILES string of the molecule is COc1cnc(Cl)cc1-c1cc(C)ncc1C(=O)Nc1nc2c(s1)C[C@@](O)(c1ccccc1)CC2. The fourth-order valence-electron chi connectivity index (χ4n) is 4.36. The number of amides is 1. The number of nitrogens with zero attached hydrogens (tertiary/aromatic N) is 3. The molecule has 0 unspecified atom stereocenters. The zero-order valence-electron chi connectivity index (χ0n) is 19.2. The highest BCUT2D eigenvalue weighted by molar-refractivity contribution is 7.15. The van der Waals surface area contributed by atoms with Gasteiger partial charge in [-0.15, -0.1) is 11.3 Å².